The largest absolute Gasteiger partial charge is 0.496 e. The summed E-state index contributed by atoms with van der Waals surface area (Å²) < 4.78 is 39.3. The lowest BCUT2D eigenvalue weighted by Crippen LogP contribution is -2.21. The van der Waals surface area contributed by atoms with E-state index in [-0.39, 0.29) is 11.3 Å². The van der Waals surface area contributed by atoms with E-state index >= 15 is 0 Å². The number of aliphatic hydroxyl groups is 1. The van der Waals surface area contributed by atoms with Crippen molar-refractivity contribution in [1.82, 2.24) is 19.6 Å². The van der Waals surface area contributed by atoms with E-state index in [1.54, 1.807) is 43.9 Å². The molecule has 3 N–H and O–H groups in total. The fourth-order valence-corrected chi connectivity index (χ4v) is 4.26. The second-order valence-corrected chi connectivity index (χ2v) is 9.35. The van der Waals surface area contributed by atoms with Gasteiger partial charge in [-0.2, -0.15) is 24.2 Å². The Morgan fingerprint density at radius 2 is 1.92 bits per heavy atom. The number of methoxy groups -OCH3 is 1. The van der Waals surface area contributed by atoms with Gasteiger partial charge in [-0.05, 0) is 50.1 Å². The molecule has 12 heteroatoms. The lowest BCUT2D eigenvalue weighted by Gasteiger charge is -2.16. The van der Waals surface area contributed by atoms with Crippen molar-refractivity contribution in [2.45, 2.75) is 39.0 Å². The normalized spacial score (nSPS) is 11.7. The summed E-state index contributed by atoms with van der Waals surface area (Å²) in [5.74, 6) is -1.51. The third-order valence-electron chi connectivity index (χ3n) is 6.00. The van der Waals surface area contributed by atoms with Crippen LogP contribution in [0.2, 0.25) is 0 Å². The summed E-state index contributed by atoms with van der Waals surface area (Å²) in [5.41, 5.74) is 7.23. The summed E-state index contributed by atoms with van der Waals surface area (Å²) in [6.45, 7) is 0.750. The van der Waals surface area contributed by atoms with Crippen molar-refractivity contribution in [3.63, 3.8) is 0 Å². The zero-order valence-corrected chi connectivity index (χ0v) is 21.2. The SMILES string of the molecule is COc1cc(-c2c3c(C#N)cc(-c4cnn(CCC(C)(C)O)c4)cc3nn2C)cc(OC(F)F)c1C(N)=O. The molecule has 0 unspecified atom stereocenters. The van der Waals surface area contributed by atoms with E-state index in [9.17, 15) is 23.9 Å². The van der Waals surface area contributed by atoms with Crippen LogP contribution in [-0.2, 0) is 13.6 Å². The van der Waals surface area contributed by atoms with Crippen LogP contribution in [0.4, 0.5) is 8.78 Å². The van der Waals surface area contributed by atoms with E-state index in [4.69, 9.17) is 10.5 Å². The predicted molar refractivity (Wildman–Crippen MR) is 135 cm³/mol. The zero-order valence-electron chi connectivity index (χ0n) is 21.2. The molecular formula is C26H26F2N6O4. The molecule has 0 aliphatic carbocycles. The number of carbonyl (C=O) groups is 1. The van der Waals surface area contributed by atoms with Gasteiger partial charge in [-0.3, -0.25) is 14.2 Å². The van der Waals surface area contributed by atoms with Gasteiger partial charge in [0.25, 0.3) is 5.91 Å². The molecule has 0 spiro atoms. The first kappa shape index (κ1) is 26.6. The van der Waals surface area contributed by atoms with E-state index < -0.39 is 23.9 Å². The molecule has 10 nitrogen and oxygen atoms in total. The van der Waals surface area contributed by atoms with E-state index in [0.717, 1.165) is 5.56 Å². The molecule has 0 aliphatic heterocycles. The van der Waals surface area contributed by atoms with Gasteiger partial charge in [-0.25, -0.2) is 0 Å². The first-order valence-corrected chi connectivity index (χ1v) is 11.5. The lowest BCUT2D eigenvalue weighted by molar-refractivity contribution is -0.0502. The van der Waals surface area contributed by atoms with Crippen molar-refractivity contribution < 1.29 is 28.2 Å². The van der Waals surface area contributed by atoms with Crippen molar-refractivity contribution in [1.29, 1.82) is 5.26 Å². The molecule has 38 heavy (non-hydrogen) atoms. The Hall–Kier alpha value is -4.50. The molecule has 2 aromatic carbocycles. The fraction of sp³-hybridized carbons (Fsp3) is 0.308. The van der Waals surface area contributed by atoms with Gasteiger partial charge in [0.05, 0.1) is 41.8 Å². The molecule has 198 valence electrons. The third-order valence-corrected chi connectivity index (χ3v) is 6.00. The molecule has 2 heterocycles. The number of hydrogen-bond acceptors (Lipinski definition) is 7. The van der Waals surface area contributed by atoms with E-state index in [1.165, 1.54) is 23.9 Å². The highest BCUT2D eigenvalue weighted by molar-refractivity contribution is 6.03. The number of nitrogens with two attached hydrogens (primary N) is 1. The molecule has 0 radical (unpaired) electrons. The number of fused-ring (bicyclic) bond motifs is 1. The molecule has 0 aliphatic rings. The van der Waals surface area contributed by atoms with E-state index in [1.807, 2.05) is 6.20 Å². The maximum Gasteiger partial charge on any atom is 0.387 e. The summed E-state index contributed by atoms with van der Waals surface area (Å²) in [4.78, 5) is 12.0. The van der Waals surface area contributed by atoms with Crippen molar-refractivity contribution in [2.75, 3.05) is 7.11 Å². The first-order chi connectivity index (χ1) is 17.9. The maximum absolute atomic E-state index is 13.1. The van der Waals surface area contributed by atoms with Gasteiger partial charge in [-0.15, -0.1) is 0 Å². The monoisotopic (exact) mass is 524 g/mol. The van der Waals surface area contributed by atoms with Crippen LogP contribution in [0.5, 0.6) is 11.5 Å². The van der Waals surface area contributed by atoms with Gasteiger partial charge in [0.2, 0.25) is 0 Å². The second-order valence-electron chi connectivity index (χ2n) is 9.35. The summed E-state index contributed by atoms with van der Waals surface area (Å²) in [5, 5.41) is 29.4. The minimum atomic E-state index is -3.21. The molecule has 1 amide bonds. The third kappa shape index (κ3) is 5.28. The average Bonchev–Trinajstić information content (AvgIpc) is 3.44. The Bertz CT molecular complexity index is 1560. The number of hydrogen-bond donors (Lipinski definition) is 2. The number of amides is 1. The number of halogens is 2. The van der Waals surface area contributed by atoms with Crippen molar-refractivity contribution in [3.05, 3.63) is 47.8 Å². The zero-order chi connectivity index (χ0) is 27.8. The first-order valence-electron chi connectivity index (χ1n) is 11.5. The highest BCUT2D eigenvalue weighted by Crippen LogP contribution is 2.40. The van der Waals surface area contributed by atoms with Gasteiger partial charge < -0.3 is 20.3 Å². The summed E-state index contributed by atoms with van der Waals surface area (Å²) in [6.07, 6.45) is 3.99. The Kier molecular flexibility index (Phi) is 7.06. The predicted octanol–water partition coefficient (Wildman–Crippen LogP) is 3.85. The number of aryl methyl sites for hydroxylation is 2. The van der Waals surface area contributed by atoms with Crippen LogP contribution < -0.4 is 15.2 Å². The van der Waals surface area contributed by atoms with Crippen LogP contribution in [0.1, 0.15) is 36.2 Å². The summed E-state index contributed by atoms with van der Waals surface area (Å²) in [6, 6.07) is 8.37. The molecule has 4 rings (SSSR count). The van der Waals surface area contributed by atoms with Gasteiger partial charge in [0.15, 0.2) is 0 Å². The standard InChI is InChI=1S/C26H26F2N6O4/c1-26(2,36)5-6-34-13-17(12-31-34)14-7-16(11-29)21-18(8-14)32-33(3)23(21)15-9-19(37-4)22(24(30)35)20(10-15)38-25(27)28/h7-10,12-13,25,36H,5-6H2,1-4H3,(H2,30,35). The quantitative estimate of drug-likeness (QED) is 0.339. The lowest BCUT2D eigenvalue weighted by atomic mass is 9.97. The molecule has 0 saturated carbocycles. The Morgan fingerprint density at radius 1 is 1.21 bits per heavy atom. The van der Waals surface area contributed by atoms with Crippen molar-refractivity contribution >= 4 is 16.8 Å². The van der Waals surface area contributed by atoms with Crippen LogP contribution >= 0.6 is 0 Å². The average molecular weight is 525 g/mol. The molecule has 4 aromatic rings. The minimum Gasteiger partial charge on any atom is -0.496 e. The van der Waals surface area contributed by atoms with Gasteiger partial charge >= 0.3 is 6.61 Å². The van der Waals surface area contributed by atoms with Crippen molar-refractivity contribution in [3.8, 4) is 40.0 Å². The number of ether oxygens (including phenoxy) is 2. The highest BCUT2D eigenvalue weighted by atomic mass is 19.3. The summed E-state index contributed by atoms with van der Waals surface area (Å²) >= 11 is 0. The second kappa shape index (κ2) is 10.1. The Labute approximate surface area is 216 Å². The Morgan fingerprint density at radius 3 is 2.53 bits per heavy atom. The molecule has 0 saturated heterocycles. The number of nitrogens with zero attached hydrogens (tertiary/aromatic N) is 5. The van der Waals surface area contributed by atoms with Crippen LogP contribution in [0.15, 0.2) is 36.7 Å². The number of aromatic nitrogens is 4. The number of rotatable bonds is 9. The smallest absolute Gasteiger partial charge is 0.387 e. The van der Waals surface area contributed by atoms with E-state index in [0.29, 0.717) is 46.3 Å². The van der Waals surface area contributed by atoms with Crippen LogP contribution in [0.25, 0.3) is 33.3 Å². The van der Waals surface area contributed by atoms with Crippen molar-refractivity contribution in [2.24, 2.45) is 12.8 Å². The molecular weight excluding hydrogens is 498 g/mol. The van der Waals surface area contributed by atoms with Gasteiger partial charge in [0, 0.05) is 36.3 Å². The summed E-state index contributed by atoms with van der Waals surface area (Å²) in [7, 11) is 2.92. The topological polar surface area (TPSA) is 141 Å². The van der Waals surface area contributed by atoms with Gasteiger partial charge in [-0.1, -0.05) is 0 Å². The fourth-order valence-electron chi connectivity index (χ4n) is 4.26. The number of alkyl halides is 2. The number of nitriles is 1. The number of benzene rings is 2. The maximum atomic E-state index is 13.1. The number of carbonyl (C=O) groups excluding carboxylic acids is 1. The molecule has 0 bridgehead atoms. The molecule has 0 fully saturated rings. The van der Waals surface area contributed by atoms with Crippen LogP contribution in [0.3, 0.4) is 0 Å². The molecule has 2 aromatic heterocycles. The Balaban J connectivity index is 1.85. The highest BCUT2D eigenvalue weighted by Gasteiger charge is 2.24. The minimum absolute atomic E-state index is 0.0615. The number of primary amides is 1. The van der Waals surface area contributed by atoms with Gasteiger partial charge in [0.1, 0.15) is 17.1 Å². The van der Waals surface area contributed by atoms with E-state index in [2.05, 4.69) is 21.0 Å². The van der Waals surface area contributed by atoms with Crippen LogP contribution in [0, 0.1) is 11.3 Å². The van der Waals surface area contributed by atoms with Crippen LogP contribution in [-0.4, -0.2) is 49.9 Å². The molecule has 0 atom stereocenters.